The summed E-state index contributed by atoms with van der Waals surface area (Å²) >= 11 is 0. The third kappa shape index (κ3) is 3.37. The van der Waals surface area contributed by atoms with E-state index in [1.54, 1.807) is 0 Å². The Kier molecular flexibility index (Phi) is 4.74. The van der Waals surface area contributed by atoms with E-state index in [-0.39, 0.29) is 11.9 Å². The molecule has 1 saturated heterocycles. The average Bonchev–Trinajstić information content (AvgIpc) is 3.18. The molecule has 24 heavy (non-hydrogen) atoms. The molecule has 1 aliphatic rings. The second-order valence-electron chi connectivity index (χ2n) is 7.38. The smallest absolute Gasteiger partial charge is 0.274 e. The van der Waals surface area contributed by atoms with Crippen molar-refractivity contribution in [2.45, 2.75) is 53.0 Å². The Labute approximate surface area is 144 Å². The van der Waals surface area contributed by atoms with E-state index in [2.05, 4.69) is 56.1 Å². The van der Waals surface area contributed by atoms with Crippen LogP contribution in [0.15, 0.2) is 24.3 Å². The summed E-state index contributed by atoms with van der Waals surface area (Å²) in [6, 6.07) is 8.62. The standard InChI is InChI=1S/C20H27N3O/c1-13(2)10-17-12-18(22-21-17)20(24)23-9-5-6-19(23)16-8-7-14(3)15(4)11-16/h7-8,11-13,19H,5-6,9-10H2,1-4H3,(H,21,22)/t19-/m1/s1. The number of amides is 1. The molecule has 4 heteroatoms. The second-order valence-corrected chi connectivity index (χ2v) is 7.38. The highest BCUT2D eigenvalue weighted by molar-refractivity contribution is 5.92. The molecule has 0 saturated carbocycles. The minimum absolute atomic E-state index is 0.0435. The van der Waals surface area contributed by atoms with Crippen molar-refractivity contribution in [3.63, 3.8) is 0 Å². The Morgan fingerprint density at radius 1 is 1.29 bits per heavy atom. The maximum absolute atomic E-state index is 12.9. The Balaban J connectivity index is 1.80. The number of nitrogens with one attached hydrogen (secondary N) is 1. The van der Waals surface area contributed by atoms with E-state index in [4.69, 9.17) is 0 Å². The molecule has 1 N–H and O–H groups in total. The number of hydrogen-bond donors (Lipinski definition) is 1. The second kappa shape index (κ2) is 6.80. The number of carbonyl (C=O) groups is 1. The molecule has 2 aromatic rings. The Morgan fingerprint density at radius 2 is 2.08 bits per heavy atom. The summed E-state index contributed by atoms with van der Waals surface area (Å²) < 4.78 is 0. The van der Waals surface area contributed by atoms with Gasteiger partial charge in [0.25, 0.3) is 5.91 Å². The summed E-state index contributed by atoms with van der Waals surface area (Å²) in [4.78, 5) is 14.9. The SMILES string of the molecule is Cc1ccc([C@H]2CCCN2C(=O)c2cc(CC(C)C)[nH]n2)cc1C. The van der Waals surface area contributed by atoms with Crippen LogP contribution in [0.25, 0.3) is 0 Å². The maximum Gasteiger partial charge on any atom is 0.274 e. The van der Waals surface area contributed by atoms with Gasteiger partial charge in [0, 0.05) is 12.2 Å². The van der Waals surface area contributed by atoms with Crippen LogP contribution in [0.3, 0.4) is 0 Å². The fourth-order valence-corrected chi connectivity index (χ4v) is 3.49. The maximum atomic E-state index is 12.9. The molecular formula is C20H27N3O. The molecule has 0 bridgehead atoms. The van der Waals surface area contributed by atoms with Crippen molar-refractivity contribution in [2.24, 2.45) is 5.92 Å². The van der Waals surface area contributed by atoms with Gasteiger partial charge in [-0.15, -0.1) is 0 Å². The van der Waals surface area contributed by atoms with Crippen LogP contribution in [-0.2, 0) is 6.42 Å². The quantitative estimate of drug-likeness (QED) is 0.915. The third-order valence-electron chi connectivity index (χ3n) is 4.91. The number of carbonyl (C=O) groups excluding carboxylic acids is 1. The van der Waals surface area contributed by atoms with Crippen LogP contribution in [0.2, 0.25) is 0 Å². The van der Waals surface area contributed by atoms with Crippen LogP contribution in [-0.4, -0.2) is 27.5 Å². The largest absolute Gasteiger partial charge is 0.330 e. The van der Waals surface area contributed by atoms with Crippen LogP contribution < -0.4 is 0 Å². The number of H-pyrrole nitrogens is 1. The van der Waals surface area contributed by atoms with Crippen LogP contribution in [0.4, 0.5) is 0 Å². The summed E-state index contributed by atoms with van der Waals surface area (Å²) in [5, 5.41) is 7.27. The molecule has 0 unspecified atom stereocenters. The molecule has 1 atom stereocenters. The molecule has 1 amide bonds. The highest BCUT2D eigenvalue weighted by atomic mass is 16.2. The number of hydrogen-bond acceptors (Lipinski definition) is 2. The van der Waals surface area contributed by atoms with Crippen molar-refractivity contribution in [3.05, 3.63) is 52.3 Å². The zero-order valence-corrected chi connectivity index (χ0v) is 15.1. The van der Waals surface area contributed by atoms with Crippen molar-refractivity contribution in [2.75, 3.05) is 6.54 Å². The fraction of sp³-hybridized carbons (Fsp3) is 0.500. The van der Waals surface area contributed by atoms with Crippen LogP contribution in [0, 0.1) is 19.8 Å². The van der Waals surface area contributed by atoms with Crippen molar-refractivity contribution >= 4 is 5.91 Å². The summed E-state index contributed by atoms with van der Waals surface area (Å²) in [6.07, 6.45) is 2.99. The molecule has 1 aromatic carbocycles. The van der Waals surface area contributed by atoms with Gasteiger partial charge >= 0.3 is 0 Å². The Bertz CT molecular complexity index is 732. The van der Waals surface area contributed by atoms with Gasteiger partial charge in [-0.2, -0.15) is 5.10 Å². The average molecular weight is 325 g/mol. The third-order valence-corrected chi connectivity index (χ3v) is 4.91. The monoisotopic (exact) mass is 325 g/mol. The van der Waals surface area contributed by atoms with Gasteiger partial charge in [0.1, 0.15) is 5.69 Å². The van der Waals surface area contributed by atoms with E-state index in [0.29, 0.717) is 11.6 Å². The van der Waals surface area contributed by atoms with Crippen LogP contribution in [0.1, 0.15) is 65.6 Å². The molecule has 1 fully saturated rings. The fourth-order valence-electron chi connectivity index (χ4n) is 3.49. The number of aromatic amines is 1. The first-order valence-corrected chi connectivity index (χ1v) is 8.88. The normalized spacial score (nSPS) is 17.7. The van der Waals surface area contributed by atoms with E-state index >= 15 is 0 Å². The summed E-state index contributed by atoms with van der Waals surface area (Å²) in [5.41, 5.74) is 5.39. The van der Waals surface area contributed by atoms with E-state index in [0.717, 1.165) is 31.5 Å². The van der Waals surface area contributed by atoms with E-state index in [9.17, 15) is 4.79 Å². The number of nitrogens with zero attached hydrogens (tertiary/aromatic N) is 2. The van der Waals surface area contributed by atoms with E-state index in [1.165, 1.54) is 16.7 Å². The van der Waals surface area contributed by atoms with E-state index < -0.39 is 0 Å². The molecule has 3 rings (SSSR count). The Hall–Kier alpha value is -2.10. The molecule has 2 heterocycles. The van der Waals surface area contributed by atoms with E-state index in [1.807, 2.05) is 11.0 Å². The molecular weight excluding hydrogens is 298 g/mol. The number of benzene rings is 1. The van der Waals surface area contributed by atoms with Crippen molar-refractivity contribution in [1.82, 2.24) is 15.1 Å². The molecule has 0 spiro atoms. The first kappa shape index (κ1) is 16.7. The molecule has 4 nitrogen and oxygen atoms in total. The number of likely N-dealkylation sites (tertiary alicyclic amines) is 1. The van der Waals surface area contributed by atoms with Gasteiger partial charge in [-0.1, -0.05) is 32.0 Å². The lowest BCUT2D eigenvalue weighted by atomic mass is 9.99. The summed E-state index contributed by atoms with van der Waals surface area (Å²) in [5.74, 6) is 0.588. The zero-order chi connectivity index (χ0) is 17.3. The van der Waals surface area contributed by atoms with Gasteiger partial charge in [0.2, 0.25) is 0 Å². The predicted molar refractivity (Wildman–Crippen MR) is 96.1 cm³/mol. The summed E-state index contributed by atoms with van der Waals surface area (Å²) in [7, 11) is 0. The topological polar surface area (TPSA) is 49.0 Å². The minimum atomic E-state index is 0.0435. The highest BCUT2D eigenvalue weighted by Gasteiger charge is 2.31. The van der Waals surface area contributed by atoms with Gasteiger partial charge in [-0.3, -0.25) is 9.89 Å². The number of rotatable bonds is 4. The van der Waals surface area contributed by atoms with Crippen molar-refractivity contribution in [1.29, 1.82) is 0 Å². The lowest BCUT2D eigenvalue weighted by Gasteiger charge is -2.25. The van der Waals surface area contributed by atoms with Gasteiger partial charge in [-0.05, 0) is 61.8 Å². The van der Waals surface area contributed by atoms with Crippen LogP contribution >= 0.6 is 0 Å². The minimum Gasteiger partial charge on any atom is -0.330 e. The van der Waals surface area contributed by atoms with Crippen molar-refractivity contribution in [3.8, 4) is 0 Å². The predicted octanol–water partition coefficient (Wildman–Crippen LogP) is 4.20. The molecule has 1 aliphatic heterocycles. The zero-order valence-electron chi connectivity index (χ0n) is 15.1. The lowest BCUT2D eigenvalue weighted by molar-refractivity contribution is 0.0729. The van der Waals surface area contributed by atoms with Gasteiger partial charge in [0.05, 0.1) is 6.04 Å². The van der Waals surface area contributed by atoms with Crippen LogP contribution in [0.5, 0.6) is 0 Å². The summed E-state index contributed by atoms with van der Waals surface area (Å²) in [6.45, 7) is 9.39. The number of aryl methyl sites for hydroxylation is 2. The first-order valence-electron chi connectivity index (χ1n) is 8.88. The van der Waals surface area contributed by atoms with Gasteiger partial charge in [0.15, 0.2) is 0 Å². The lowest BCUT2D eigenvalue weighted by Crippen LogP contribution is -2.30. The first-order chi connectivity index (χ1) is 11.5. The number of aromatic nitrogens is 2. The van der Waals surface area contributed by atoms with Gasteiger partial charge < -0.3 is 4.90 Å². The molecule has 1 aromatic heterocycles. The molecule has 128 valence electrons. The molecule has 0 aliphatic carbocycles. The Morgan fingerprint density at radius 3 is 2.79 bits per heavy atom. The van der Waals surface area contributed by atoms with Gasteiger partial charge in [-0.25, -0.2) is 0 Å². The highest BCUT2D eigenvalue weighted by Crippen LogP contribution is 2.33. The van der Waals surface area contributed by atoms with Crippen molar-refractivity contribution < 1.29 is 4.79 Å². The molecule has 0 radical (unpaired) electrons.